The summed E-state index contributed by atoms with van der Waals surface area (Å²) in [6.45, 7) is 7.51. The number of sulfone groups is 2. The zero-order valence-electron chi connectivity index (χ0n) is 15.1. The van der Waals surface area contributed by atoms with Gasteiger partial charge in [0.15, 0.2) is 19.7 Å². The van der Waals surface area contributed by atoms with Gasteiger partial charge in [-0.3, -0.25) is 0 Å². The Morgan fingerprint density at radius 1 is 0.808 bits per heavy atom. The summed E-state index contributed by atoms with van der Waals surface area (Å²) in [6, 6.07) is 16.5. The first-order valence-corrected chi connectivity index (χ1v) is 11.5. The third kappa shape index (κ3) is 5.54. The summed E-state index contributed by atoms with van der Waals surface area (Å²) in [4.78, 5) is 0.520. The van der Waals surface area contributed by atoms with Crippen molar-refractivity contribution in [3.63, 3.8) is 0 Å². The van der Waals surface area contributed by atoms with Gasteiger partial charge in [-0.1, -0.05) is 62.4 Å². The van der Waals surface area contributed by atoms with E-state index in [1.165, 1.54) is 0 Å². The Hall–Kier alpha value is -1.92. The first-order valence-electron chi connectivity index (χ1n) is 8.24. The van der Waals surface area contributed by atoms with Gasteiger partial charge < -0.3 is 0 Å². The van der Waals surface area contributed by atoms with E-state index < -0.39 is 25.1 Å². The van der Waals surface area contributed by atoms with Crippen LogP contribution < -0.4 is 0 Å². The quantitative estimate of drug-likeness (QED) is 0.639. The Balaban J connectivity index is 2.08. The lowest BCUT2D eigenvalue weighted by Crippen LogP contribution is -2.26. The van der Waals surface area contributed by atoms with Crippen LogP contribution in [0.1, 0.15) is 20.3 Å². The largest absolute Gasteiger partial charge is 0.224 e. The summed E-state index contributed by atoms with van der Waals surface area (Å²) in [6.07, 6.45) is 0.311. The highest BCUT2D eigenvalue weighted by molar-refractivity contribution is 7.91. The lowest BCUT2D eigenvalue weighted by molar-refractivity contribution is 0.408. The van der Waals surface area contributed by atoms with Gasteiger partial charge in [-0.05, 0) is 36.1 Å². The molecule has 0 aliphatic heterocycles. The normalized spacial score (nSPS) is 12.7. The van der Waals surface area contributed by atoms with E-state index in [1.54, 1.807) is 60.7 Å². The van der Waals surface area contributed by atoms with E-state index in [2.05, 4.69) is 6.58 Å². The molecule has 4 nitrogen and oxygen atoms in total. The van der Waals surface area contributed by atoms with Gasteiger partial charge in [-0.25, -0.2) is 16.8 Å². The molecule has 0 atom stereocenters. The number of rotatable bonds is 8. The van der Waals surface area contributed by atoms with Crippen LogP contribution in [0.5, 0.6) is 0 Å². The second-order valence-electron chi connectivity index (χ2n) is 7.24. The summed E-state index contributed by atoms with van der Waals surface area (Å²) in [5, 5.41) is 0. The predicted octanol–water partition coefficient (Wildman–Crippen LogP) is 3.91. The molecule has 0 saturated carbocycles. The Kier molecular flexibility index (Phi) is 6.09. The molecular weight excluding hydrogens is 368 g/mol. The number of hydrogen-bond acceptors (Lipinski definition) is 4. The lowest BCUT2D eigenvalue weighted by Gasteiger charge is -2.25. The van der Waals surface area contributed by atoms with Gasteiger partial charge in [0, 0.05) is 0 Å². The van der Waals surface area contributed by atoms with Crippen LogP contribution in [-0.2, 0) is 19.7 Å². The summed E-state index contributed by atoms with van der Waals surface area (Å²) >= 11 is 0. The average molecular weight is 393 g/mol. The molecule has 0 aromatic heterocycles. The maximum absolute atomic E-state index is 12.6. The fourth-order valence-corrected chi connectivity index (χ4v) is 6.23. The molecule has 6 heteroatoms. The van der Waals surface area contributed by atoms with E-state index in [0.29, 0.717) is 12.0 Å². The molecule has 0 N–H and O–H groups in total. The zero-order chi connectivity index (χ0) is 19.4. The molecule has 0 radical (unpaired) electrons. The molecule has 0 heterocycles. The molecule has 0 aliphatic carbocycles. The third-order valence-electron chi connectivity index (χ3n) is 3.91. The van der Waals surface area contributed by atoms with Crippen LogP contribution in [0.3, 0.4) is 0 Å². The van der Waals surface area contributed by atoms with Crippen LogP contribution in [0, 0.1) is 5.41 Å². The first-order chi connectivity index (χ1) is 12.0. The molecule has 2 aromatic carbocycles. The second kappa shape index (κ2) is 7.76. The van der Waals surface area contributed by atoms with Crippen LogP contribution in [0.2, 0.25) is 0 Å². The van der Waals surface area contributed by atoms with Crippen LogP contribution in [0.25, 0.3) is 0 Å². The van der Waals surface area contributed by atoms with Gasteiger partial charge in [-0.2, -0.15) is 0 Å². The van der Waals surface area contributed by atoms with Crippen LogP contribution in [0.15, 0.2) is 82.6 Å². The van der Waals surface area contributed by atoms with Crippen molar-refractivity contribution in [1.82, 2.24) is 0 Å². The lowest BCUT2D eigenvalue weighted by atomic mass is 9.89. The van der Waals surface area contributed by atoms with Crippen molar-refractivity contribution >= 4 is 19.7 Å². The molecule has 2 aromatic rings. The van der Waals surface area contributed by atoms with E-state index in [4.69, 9.17) is 0 Å². The minimum absolute atomic E-state index is 0.0750. The van der Waals surface area contributed by atoms with Crippen LogP contribution in [0.4, 0.5) is 0 Å². The smallest absolute Gasteiger partial charge is 0.182 e. The summed E-state index contributed by atoms with van der Waals surface area (Å²) in [5.41, 5.74) is -0.125. The van der Waals surface area contributed by atoms with E-state index in [1.807, 2.05) is 13.8 Å². The second-order valence-corrected chi connectivity index (χ2v) is 11.2. The Morgan fingerprint density at radius 3 is 1.69 bits per heavy atom. The van der Waals surface area contributed by atoms with Gasteiger partial charge in [0.1, 0.15) is 0 Å². The van der Waals surface area contributed by atoms with Crippen LogP contribution >= 0.6 is 0 Å². The molecule has 0 bridgehead atoms. The molecular formula is C20H24O4S2. The monoisotopic (exact) mass is 392 g/mol. The Labute approximate surface area is 156 Å². The fraction of sp³-hybridized carbons (Fsp3) is 0.300. The van der Waals surface area contributed by atoms with E-state index in [9.17, 15) is 16.8 Å². The Bertz CT molecular complexity index is 959. The van der Waals surface area contributed by atoms with E-state index in [-0.39, 0.29) is 21.3 Å². The minimum Gasteiger partial charge on any atom is -0.224 e. The first kappa shape index (κ1) is 20.4. The maximum atomic E-state index is 12.6. The Morgan fingerprint density at radius 2 is 1.23 bits per heavy atom. The van der Waals surface area contributed by atoms with Crippen molar-refractivity contribution in [3.8, 4) is 0 Å². The summed E-state index contributed by atoms with van der Waals surface area (Å²) in [7, 11) is -6.93. The molecule has 2 rings (SSSR count). The molecule has 0 unspecified atom stereocenters. The zero-order valence-corrected chi connectivity index (χ0v) is 16.7. The molecule has 0 saturated heterocycles. The van der Waals surface area contributed by atoms with Crippen molar-refractivity contribution < 1.29 is 16.8 Å². The van der Waals surface area contributed by atoms with Crippen molar-refractivity contribution in [2.75, 3.05) is 11.5 Å². The third-order valence-corrected chi connectivity index (χ3v) is 7.84. The van der Waals surface area contributed by atoms with Crippen molar-refractivity contribution in [2.45, 2.75) is 30.1 Å². The van der Waals surface area contributed by atoms with Crippen molar-refractivity contribution in [3.05, 3.63) is 72.8 Å². The molecule has 0 spiro atoms. The highest BCUT2D eigenvalue weighted by Crippen LogP contribution is 2.30. The van der Waals surface area contributed by atoms with Gasteiger partial charge in [0.25, 0.3) is 0 Å². The molecule has 26 heavy (non-hydrogen) atoms. The van der Waals surface area contributed by atoms with Gasteiger partial charge in [-0.15, -0.1) is 0 Å². The fourth-order valence-electron chi connectivity index (χ4n) is 2.98. The van der Waals surface area contributed by atoms with Gasteiger partial charge in [0.2, 0.25) is 0 Å². The topological polar surface area (TPSA) is 68.3 Å². The van der Waals surface area contributed by atoms with E-state index in [0.717, 1.165) is 0 Å². The summed E-state index contributed by atoms with van der Waals surface area (Å²) < 4.78 is 50.1. The van der Waals surface area contributed by atoms with Gasteiger partial charge in [0.05, 0.1) is 21.3 Å². The standard InChI is InChI=1S/C20H24O4S2/c1-17(15-25(21,22)18-10-6-4-7-11-18)14-20(2,3)16-26(23,24)19-12-8-5-9-13-19/h4-13H,1,14-16H2,2-3H3. The van der Waals surface area contributed by atoms with Gasteiger partial charge >= 0.3 is 0 Å². The van der Waals surface area contributed by atoms with E-state index >= 15 is 0 Å². The minimum atomic E-state index is -3.48. The highest BCUT2D eigenvalue weighted by Gasteiger charge is 2.29. The maximum Gasteiger partial charge on any atom is 0.182 e. The average Bonchev–Trinajstić information content (AvgIpc) is 2.54. The molecule has 140 valence electrons. The highest BCUT2D eigenvalue weighted by atomic mass is 32.2. The number of benzene rings is 2. The SMILES string of the molecule is C=C(CC(C)(C)CS(=O)(=O)c1ccccc1)CS(=O)(=O)c1ccccc1. The number of hydrogen-bond donors (Lipinski definition) is 0. The van der Waals surface area contributed by atoms with Crippen molar-refractivity contribution in [2.24, 2.45) is 5.41 Å². The van der Waals surface area contributed by atoms with Crippen LogP contribution in [-0.4, -0.2) is 28.3 Å². The van der Waals surface area contributed by atoms with Crippen molar-refractivity contribution in [1.29, 1.82) is 0 Å². The summed E-state index contributed by atoms with van der Waals surface area (Å²) in [5.74, 6) is -0.264. The molecule has 0 amide bonds. The predicted molar refractivity (Wildman–Crippen MR) is 105 cm³/mol. The molecule has 0 fully saturated rings. The molecule has 0 aliphatic rings.